The summed E-state index contributed by atoms with van der Waals surface area (Å²) in [6, 6.07) is 5.75. The van der Waals surface area contributed by atoms with Gasteiger partial charge in [0, 0.05) is 23.0 Å². The van der Waals surface area contributed by atoms with E-state index in [4.69, 9.17) is 17.3 Å². The van der Waals surface area contributed by atoms with Crippen molar-refractivity contribution in [3.63, 3.8) is 0 Å². The molecule has 0 spiro atoms. The third-order valence-electron chi connectivity index (χ3n) is 3.04. The number of aryl methyl sites for hydroxylation is 1. The second-order valence-electron chi connectivity index (χ2n) is 4.40. The second-order valence-corrected chi connectivity index (χ2v) is 5.66. The fourth-order valence-electron chi connectivity index (χ4n) is 2.11. The average Bonchev–Trinajstić information content (AvgIpc) is 2.71. The van der Waals surface area contributed by atoms with Crippen molar-refractivity contribution in [1.29, 1.82) is 0 Å². The highest BCUT2D eigenvalue weighted by atomic mass is 79.9. The van der Waals surface area contributed by atoms with Crippen LogP contribution in [0.4, 0.5) is 5.82 Å². The predicted molar refractivity (Wildman–Crippen MR) is 84.5 cm³/mol. The minimum atomic E-state index is 0.686. The number of aromatic nitrogens is 2. The van der Waals surface area contributed by atoms with E-state index in [2.05, 4.69) is 39.3 Å². The van der Waals surface area contributed by atoms with Crippen LogP contribution < -0.4 is 5.73 Å². The van der Waals surface area contributed by atoms with Crippen LogP contribution in [0.3, 0.4) is 0 Å². The molecule has 0 aliphatic heterocycles. The number of hydrogen-bond donors (Lipinski definition) is 1. The molecule has 0 unspecified atom stereocenters. The number of imidazole rings is 1. The van der Waals surface area contributed by atoms with Crippen molar-refractivity contribution in [2.24, 2.45) is 0 Å². The van der Waals surface area contributed by atoms with Crippen molar-refractivity contribution in [2.45, 2.75) is 33.2 Å². The van der Waals surface area contributed by atoms with Crippen LogP contribution in [0.5, 0.6) is 0 Å². The molecule has 0 bridgehead atoms. The molecule has 0 atom stereocenters. The topological polar surface area (TPSA) is 43.8 Å². The Bertz CT molecular complexity index is 593. The SMILES string of the molecule is CCCn1c(CC)nc(-c2ccc(Cl)c(Br)c2)c1N. The average molecular weight is 343 g/mol. The van der Waals surface area contributed by atoms with Gasteiger partial charge in [-0.25, -0.2) is 4.98 Å². The van der Waals surface area contributed by atoms with Crippen LogP contribution in [-0.2, 0) is 13.0 Å². The smallest absolute Gasteiger partial charge is 0.131 e. The summed E-state index contributed by atoms with van der Waals surface area (Å²) in [5.41, 5.74) is 8.06. The summed E-state index contributed by atoms with van der Waals surface area (Å²) < 4.78 is 2.95. The Hall–Kier alpha value is -1.00. The molecule has 1 aromatic heterocycles. The predicted octanol–water partition coefficient (Wildman–Crippen LogP) is 4.52. The first-order valence-corrected chi connectivity index (χ1v) is 7.55. The lowest BCUT2D eigenvalue weighted by Crippen LogP contribution is -2.06. The third kappa shape index (κ3) is 2.79. The number of nitrogen functional groups attached to an aromatic ring is 1. The van der Waals surface area contributed by atoms with Gasteiger partial charge < -0.3 is 10.3 Å². The number of rotatable bonds is 4. The molecule has 2 aromatic rings. The number of hydrogen-bond acceptors (Lipinski definition) is 2. The molecule has 3 nitrogen and oxygen atoms in total. The number of benzene rings is 1. The molecule has 0 aliphatic carbocycles. The van der Waals surface area contributed by atoms with Crippen LogP contribution in [0.25, 0.3) is 11.3 Å². The van der Waals surface area contributed by atoms with Gasteiger partial charge in [-0.1, -0.05) is 31.5 Å². The number of nitrogens with zero attached hydrogens (tertiary/aromatic N) is 2. The zero-order valence-corrected chi connectivity index (χ0v) is 13.4. The Morgan fingerprint density at radius 2 is 2.11 bits per heavy atom. The van der Waals surface area contributed by atoms with Crippen LogP contribution in [-0.4, -0.2) is 9.55 Å². The molecule has 0 amide bonds. The van der Waals surface area contributed by atoms with Gasteiger partial charge in [-0.3, -0.25) is 0 Å². The summed E-state index contributed by atoms with van der Waals surface area (Å²) in [6.45, 7) is 5.13. The van der Waals surface area contributed by atoms with Crippen molar-refractivity contribution < 1.29 is 0 Å². The minimum Gasteiger partial charge on any atom is -0.383 e. The van der Waals surface area contributed by atoms with Gasteiger partial charge in [-0.15, -0.1) is 0 Å². The molecule has 19 heavy (non-hydrogen) atoms. The highest BCUT2D eigenvalue weighted by molar-refractivity contribution is 9.10. The van der Waals surface area contributed by atoms with E-state index in [9.17, 15) is 0 Å². The zero-order valence-electron chi connectivity index (χ0n) is 11.1. The molecule has 1 aromatic carbocycles. The number of halogens is 2. The third-order valence-corrected chi connectivity index (χ3v) is 4.26. The standard InChI is InChI=1S/C14H17BrClN3/c1-3-7-19-12(4-2)18-13(14(19)17)9-5-6-11(16)10(15)8-9/h5-6,8H,3-4,7,17H2,1-2H3. The maximum Gasteiger partial charge on any atom is 0.131 e. The molecular weight excluding hydrogens is 326 g/mol. The number of anilines is 1. The summed E-state index contributed by atoms with van der Waals surface area (Å²) in [7, 11) is 0. The Kier molecular flexibility index (Phi) is 4.53. The van der Waals surface area contributed by atoms with Crippen LogP contribution in [0.15, 0.2) is 22.7 Å². The van der Waals surface area contributed by atoms with E-state index in [1.54, 1.807) is 0 Å². The first kappa shape index (κ1) is 14.4. The maximum atomic E-state index is 6.24. The maximum absolute atomic E-state index is 6.24. The molecular formula is C14H17BrClN3. The first-order valence-electron chi connectivity index (χ1n) is 6.38. The Balaban J connectivity index is 2.52. The summed E-state index contributed by atoms with van der Waals surface area (Å²) >= 11 is 9.45. The Labute approximate surface area is 126 Å². The highest BCUT2D eigenvalue weighted by Gasteiger charge is 2.15. The minimum absolute atomic E-state index is 0.686. The fourth-order valence-corrected chi connectivity index (χ4v) is 2.61. The van der Waals surface area contributed by atoms with E-state index in [0.29, 0.717) is 5.02 Å². The van der Waals surface area contributed by atoms with E-state index in [-0.39, 0.29) is 0 Å². The van der Waals surface area contributed by atoms with Gasteiger partial charge >= 0.3 is 0 Å². The van der Waals surface area contributed by atoms with Gasteiger partial charge in [0.25, 0.3) is 0 Å². The van der Waals surface area contributed by atoms with Crippen LogP contribution >= 0.6 is 27.5 Å². The lowest BCUT2D eigenvalue weighted by molar-refractivity contribution is 0.650. The first-order chi connectivity index (χ1) is 9.08. The molecule has 0 saturated carbocycles. The van der Waals surface area contributed by atoms with E-state index in [1.165, 1.54) is 0 Å². The molecule has 1 heterocycles. The lowest BCUT2D eigenvalue weighted by atomic mass is 10.1. The van der Waals surface area contributed by atoms with Crippen LogP contribution in [0.2, 0.25) is 5.02 Å². The molecule has 2 rings (SSSR count). The second kappa shape index (κ2) is 5.97. The van der Waals surface area contributed by atoms with Gasteiger partial charge in [0.05, 0.1) is 5.02 Å². The van der Waals surface area contributed by atoms with Crippen molar-refractivity contribution >= 4 is 33.3 Å². The quantitative estimate of drug-likeness (QED) is 0.887. The van der Waals surface area contributed by atoms with E-state index >= 15 is 0 Å². The summed E-state index contributed by atoms with van der Waals surface area (Å²) in [5.74, 6) is 1.76. The van der Waals surface area contributed by atoms with E-state index < -0.39 is 0 Å². The zero-order chi connectivity index (χ0) is 14.0. The molecule has 0 fully saturated rings. The van der Waals surface area contributed by atoms with E-state index in [1.807, 2.05) is 18.2 Å². The summed E-state index contributed by atoms with van der Waals surface area (Å²) in [6.07, 6.45) is 1.91. The van der Waals surface area contributed by atoms with Crippen molar-refractivity contribution in [3.05, 3.63) is 33.5 Å². The molecule has 5 heteroatoms. The van der Waals surface area contributed by atoms with Gasteiger partial charge in [0.2, 0.25) is 0 Å². The molecule has 0 radical (unpaired) electrons. The van der Waals surface area contributed by atoms with Crippen molar-refractivity contribution in [1.82, 2.24) is 9.55 Å². The molecule has 102 valence electrons. The normalized spacial score (nSPS) is 10.9. The molecule has 0 saturated heterocycles. The van der Waals surface area contributed by atoms with Crippen molar-refractivity contribution in [3.8, 4) is 11.3 Å². The van der Waals surface area contributed by atoms with Crippen LogP contribution in [0.1, 0.15) is 26.1 Å². The van der Waals surface area contributed by atoms with E-state index in [0.717, 1.165) is 46.8 Å². The lowest BCUT2D eigenvalue weighted by Gasteiger charge is -2.07. The molecule has 0 aliphatic rings. The summed E-state index contributed by atoms with van der Waals surface area (Å²) in [4.78, 5) is 4.66. The van der Waals surface area contributed by atoms with Gasteiger partial charge in [0.1, 0.15) is 17.3 Å². The monoisotopic (exact) mass is 341 g/mol. The fraction of sp³-hybridized carbons (Fsp3) is 0.357. The van der Waals surface area contributed by atoms with Gasteiger partial charge in [0.15, 0.2) is 0 Å². The Morgan fingerprint density at radius 3 is 2.68 bits per heavy atom. The molecule has 2 N–H and O–H groups in total. The Morgan fingerprint density at radius 1 is 1.37 bits per heavy atom. The summed E-state index contributed by atoms with van der Waals surface area (Å²) in [5, 5.41) is 0.686. The number of nitrogens with two attached hydrogens (primary N) is 1. The van der Waals surface area contributed by atoms with Gasteiger partial charge in [-0.2, -0.15) is 0 Å². The van der Waals surface area contributed by atoms with Crippen molar-refractivity contribution in [2.75, 3.05) is 5.73 Å². The van der Waals surface area contributed by atoms with Gasteiger partial charge in [-0.05, 0) is 34.5 Å². The van der Waals surface area contributed by atoms with Crippen LogP contribution in [0, 0.1) is 0 Å². The highest BCUT2D eigenvalue weighted by Crippen LogP contribution is 2.32. The largest absolute Gasteiger partial charge is 0.383 e.